The lowest BCUT2D eigenvalue weighted by atomic mass is 10.0. The minimum Gasteiger partial charge on any atom is -0.479 e. The number of aliphatic hydroxyl groups is 1. The molecule has 0 radical (unpaired) electrons. The molecule has 2 atom stereocenters. The summed E-state index contributed by atoms with van der Waals surface area (Å²) in [6.07, 6.45) is -2.51. The summed E-state index contributed by atoms with van der Waals surface area (Å²) in [5.74, 6) is -2.18. The molecule has 0 bridgehead atoms. The van der Waals surface area contributed by atoms with Crippen LogP contribution in [0.1, 0.15) is 32.6 Å². The normalized spacial score (nSPS) is 23.1. The third kappa shape index (κ3) is 3.78. The van der Waals surface area contributed by atoms with Crippen LogP contribution in [0.2, 0.25) is 0 Å². The molecule has 0 aromatic carbocycles. The Morgan fingerprint density at radius 3 is 2.38 bits per heavy atom. The Kier molecular flexibility index (Phi) is 5.43. The Balaban J connectivity index is 2.93. The summed E-state index contributed by atoms with van der Waals surface area (Å²) in [6.45, 7) is 0.215. The molecule has 6 nitrogen and oxygen atoms in total. The van der Waals surface area contributed by atoms with Gasteiger partial charge < -0.3 is 20.4 Å². The van der Waals surface area contributed by atoms with Gasteiger partial charge in [-0.2, -0.15) is 13.2 Å². The van der Waals surface area contributed by atoms with E-state index < -0.39 is 29.8 Å². The fourth-order valence-corrected chi connectivity index (χ4v) is 2.17. The lowest BCUT2D eigenvalue weighted by molar-refractivity contribution is -0.203. The highest BCUT2D eigenvalue weighted by Crippen LogP contribution is 2.31. The zero-order chi connectivity index (χ0) is 16.3. The van der Waals surface area contributed by atoms with Gasteiger partial charge in [0.2, 0.25) is 5.54 Å². The van der Waals surface area contributed by atoms with E-state index in [0.29, 0.717) is 19.8 Å². The van der Waals surface area contributed by atoms with Gasteiger partial charge in [0.05, 0.1) is 12.6 Å². The predicted octanol–water partition coefficient (Wildman–Crippen LogP) is 1.34. The predicted molar refractivity (Wildman–Crippen MR) is 66.7 cm³/mol. The van der Waals surface area contributed by atoms with Crippen LogP contribution >= 0.6 is 0 Å². The molecule has 1 saturated heterocycles. The highest BCUT2D eigenvalue weighted by atomic mass is 19.4. The van der Waals surface area contributed by atoms with Gasteiger partial charge in [-0.15, -0.1) is 0 Å². The zero-order valence-electron chi connectivity index (χ0n) is 11.6. The molecule has 0 aliphatic carbocycles. The van der Waals surface area contributed by atoms with E-state index in [0.717, 1.165) is 17.7 Å². The molecule has 1 rings (SSSR count). The molecule has 1 fully saturated rings. The fraction of sp³-hybridized carbons (Fsp3) is 0.833. The van der Waals surface area contributed by atoms with Crippen molar-refractivity contribution in [2.45, 2.75) is 50.4 Å². The number of urea groups is 1. The number of carboxylic acids is 1. The maximum absolute atomic E-state index is 12.9. The van der Waals surface area contributed by atoms with Gasteiger partial charge in [-0.25, -0.2) is 9.59 Å². The quantitative estimate of drug-likeness (QED) is 0.733. The van der Waals surface area contributed by atoms with Gasteiger partial charge in [0, 0.05) is 6.54 Å². The molecule has 0 aromatic rings. The molecule has 0 aromatic heterocycles. The van der Waals surface area contributed by atoms with Crippen LogP contribution in [-0.2, 0) is 4.79 Å². The van der Waals surface area contributed by atoms with Crippen molar-refractivity contribution in [1.29, 1.82) is 0 Å². The number of halogens is 3. The van der Waals surface area contributed by atoms with Crippen LogP contribution in [-0.4, -0.2) is 58.0 Å². The lowest BCUT2D eigenvalue weighted by Gasteiger charge is -2.34. The van der Waals surface area contributed by atoms with E-state index >= 15 is 0 Å². The zero-order valence-corrected chi connectivity index (χ0v) is 11.6. The van der Waals surface area contributed by atoms with Crippen molar-refractivity contribution in [2.24, 2.45) is 0 Å². The van der Waals surface area contributed by atoms with Crippen molar-refractivity contribution in [1.82, 2.24) is 10.2 Å². The number of hydrogen-bond donors (Lipinski definition) is 3. The Labute approximate surface area is 119 Å². The van der Waals surface area contributed by atoms with Gasteiger partial charge in [-0.05, 0) is 19.8 Å². The van der Waals surface area contributed by atoms with Crippen LogP contribution in [0.4, 0.5) is 18.0 Å². The number of rotatable bonds is 3. The fourth-order valence-electron chi connectivity index (χ4n) is 2.17. The molecule has 2 unspecified atom stereocenters. The number of alkyl halides is 3. The number of hydrogen-bond acceptors (Lipinski definition) is 3. The van der Waals surface area contributed by atoms with Gasteiger partial charge in [0.1, 0.15) is 0 Å². The summed E-state index contributed by atoms with van der Waals surface area (Å²) in [5.41, 5.74) is -3.36. The molecule has 1 aliphatic rings. The average Bonchev–Trinajstić information content (AvgIpc) is 2.61. The summed E-state index contributed by atoms with van der Waals surface area (Å²) >= 11 is 0. The lowest BCUT2D eigenvalue weighted by Crippen LogP contribution is -2.65. The molecule has 2 amide bonds. The molecule has 1 heterocycles. The molecular formula is C12H19F3N2O4. The van der Waals surface area contributed by atoms with Crippen molar-refractivity contribution >= 4 is 12.0 Å². The van der Waals surface area contributed by atoms with Crippen LogP contribution < -0.4 is 5.32 Å². The van der Waals surface area contributed by atoms with Crippen molar-refractivity contribution < 1.29 is 33.0 Å². The SMILES string of the molecule is CC(NC(=O)N1CCCCCC1CO)(C(=O)O)C(F)(F)F. The first-order chi connectivity index (χ1) is 9.63. The van der Waals surface area contributed by atoms with Crippen molar-refractivity contribution in [2.75, 3.05) is 13.2 Å². The van der Waals surface area contributed by atoms with Gasteiger partial charge in [0.15, 0.2) is 0 Å². The van der Waals surface area contributed by atoms with Crippen LogP contribution in [0.5, 0.6) is 0 Å². The molecule has 0 saturated carbocycles. The summed E-state index contributed by atoms with van der Waals surface area (Å²) in [6, 6.07) is -1.73. The smallest absolute Gasteiger partial charge is 0.422 e. The Bertz CT molecular complexity index is 402. The number of nitrogens with one attached hydrogen (secondary N) is 1. The molecule has 1 aliphatic heterocycles. The highest BCUT2D eigenvalue weighted by molar-refractivity contribution is 5.87. The van der Waals surface area contributed by atoms with Crippen LogP contribution in [0.25, 0.3) is 0 Å². The second kappa shape index (κ2) is 6.50. The summed E-state index contributed by atoms with van der Waals surface area (Å²) < 4.78 is 38.6. The van der Waals surface area contributed by atoms with E-state index in [1.165, 1.54) is 0 Å². The van der Waals surface area contributed by atoms with E-state index in [4.69, 9.17) is 5.11 Å². The van der Waals surface area contributed by atoms with Gasteiger partial charge in [0.25, 0.3) is 0 Å². The van der Waals surface area contributed by atoms with Gasteiger partial charge in [-0.1, -0.05) is 12.8 Å². The monoisotopic (exact) mass is 312 g/mol. The standard InChI is InChI=1S/C12H19F3N2O4/c1-11(9(19)20,12(13,14)15)16-10(21)17-6-4-2-3-5-8(17)7-18/h8,18H,2-7H2,1H3,(H,16,21)(H,19,20). The number of nitrogens with zero attached hydrogens (tertiary/aromatic N) is 1. The van der Waals surface area contributed by atoms with Crippen LogP contribution in [0.3, 0.4) is 0 Å². The molecular weight excluding hydrogens is 293 g/mol. The van der Waals surface area contributed by atoms with E-state index in [9.17, 15) is 27.9 Å². The van der Waals surface area contributed by atoms with Crippen LogP contribution in [0, 0.1) is 0 Å². The first-order valence-electron chi connectivity index (χ1n) is 6.63. The molecule has 21 heavy (non-hydrogen) atoms. The third-order valence-corrected chi connectivity index (χ3v) is 3.70. The Morgan fingerprint density at radius 1 is 1.29 bits per heavy atom. The molecule has 3 N–H and O–H groups in total. The number of carbonyl (C=O) groups excluding carboxylic acids is 1. The summed E-state index contributed by atoms with van der Waals surface area (Å²) in [5, 5.41) is 19.6. The average molecular weight is 312 g/mol. The molecule has 0 spiro atoms. The van der Waals surface area contributed by atoms with Crippen molar-refractivity contribution in [3.63, 3.8) is 0 Å². The Hall–Kier alpha value is -1.51. The van der Waals surface area contributed by atoms with E-state index in [-0.39, 0.29) is 13.2 Å². The second-order valence-electron chi connectivity index (χ2n) is 5.24. The number of aliphatic carboxylic acids is 1. The second-order valence-corrected chi connectivity index (χ2v) is 5.24. The third-order valence-electron chi connectivity index (χ3n) is 3.70. The topological polar surface area (TPSA) is 89.9 Å². The number of likely N-dealkylation sites (tertiary alicyclic amines) is 1. The highest BCUT2D eigenvalue weighted by Gasteiger charge is 2.59. The molecule has 9 heteroatoms. The summed E-state index contributed by atoms with van der Waals surface area (Å²) in [7, 11) is 0. The van der Waals surface area contributed by atoms with E-state index in [2.05, 4.69) is 0 Å². The first-order valence-corrected chi connectivity index (χ1v) is 6.63. The van der Waals surface area contributed by atoms with Crippen LogP contribution in [0.15, 0.2) is 0 Å². The van der Waals surface area contributed by atoms with E-state index in [1.54, 1.807) is 5.32 Å². The van der Waals surface area contributed by atoms with E-state index in [1.807, 2.05) is 0 Å². The Morgan fingerprint density at radius 2 is 1.90 bits per heavy atom. The number of carbonyl (C=O) groups is 2. The number of carboxylic acid groups (broad SMARTS) is 1. The van der Waals surface area contributed by atoms with Crippen molar-refractivity contribution in [3.05, 3.63) is 0 Å². The maximum Gasteiger partial charge on any atom is 0.422 e. The van der Waals surface area contributed by atoms with Gasteiger partial charge >= 0.3 is 18.2 Å². The minimum absolute atomic E-state index is 0.185. The van der Waals surface area contributed by atoms with Gasteiger partial charge in [-0.3, -0.25) is 0 Å². The number of amides is 2. The minimum atomic E-state index is -5.13. The first kappa shape index (κ1) is 17.5. The number of aliphatic hydroxyl groups excluding tert-OH is 1. The maximum atomic E-state index is 12.9. The molecule has 122 valence electrons. The largest absolute Gasteiger partial charge is 0.479 e. The van der Waals surface area contributed by atoms with Crippen molar-refractivity contribution in [3.8, 4) is 0 Å². The summed E-state index contributed by atoms with van der Waals surface area (Å²) in [4.78, 5) is 24.0.